The minimum Gasteiger partial charge on any atom is -0.478 e. The maximum Gasteiger partial charge on any atom is 0.341 e. The lowest BCUT2D eigenvalue weighted by Crippen LogP contribution is -2.13. The first-order chi connectivity index (χ1) is 13.5. The quantitative estimate of drug-likeness (QED) is 0.523. The maximum atomic E-state index is 12.7. The van der Waals surface area contributed by atoms with Gasteiger partial charge in [-0.1, -0.05) is 45.0 Å². The Morgan fingerprint density at radius 3 is 2.28 bits per heavy atom. The Morgan fingerprint density at radius 2 is 1.76 bits per heavy atom. The summed E-state index contributed by atoms with van der Waals surface area (Å²) in [6, 6.07) is 7.95. The number of nitrogens with one attached hydrogen (secondary N) is 1. The Balaban J connectivity index is 2.52. The zero-order valence-corrected chi connectivity index (χ0v) is 18.0. The molecule has 0 saturated carbocycles. The Kier molecular flexibility index (Phi) is 6.97. The van der Waals surface area contributed by atoms with Gasteiger partial charge in [0, 0.05) is 22.6 Å². The second-order valence-corrected chi connectivity index (χ2v) is 8.67. The van der Waals surface area contributed by atoms with Crippen LogP contribution in [0.5, 0.6) is 0 Å². The molecule has 2 rings (SSSR count). The molecule has 1 heterocycles. The third-order valence-corrected chi connectivity index (χ3v) is 5.24. The van der Waals surface area contributed by atoms with Crippen LogP contribution in [0.15, 0.2) is 36.4 Å². The van der Waals surface area contributed by atoms with Crippen LogP contribution in [0.4, 0.5) is 5.00 Å². The number of benzene rings is 1. The molecule has 0 saturated heterocycles. The molecular weight excluding hydrogens is 390 g/mol. The highest BCUT2D eigenvalue weighted by atomic mass is 32.1. The molecule has 6 nitrogen and oxygen atoms in total. The molecule has 0 fully saturated rings. The summed E-state index contributed by atoms with van der Waals surface area (Å²) in [5, 5.41) is 11.6. The van der Waals surface area contributed by atoms with Crippen molar-refractivity contribution in [2.45, 2.75) is 40.0 Å². The number of hydrogen-bond donors (Lipinski definition) is 2. The van der Waals surface area contributed by atoms with Gasteiger partial charge in [0.25, 0.3) is 0 Å². The van der Waals surface area contributed by atoms with Gasteiger partial charge in [0.2, 0.25) is 5.91 Å². The van der Waals surface area contributed by atoms with E-state index in [1.807, 2.05) is 31.2 Å². The van der Waals surface area contributed by atoms with Gasteiger partial charge < -0.3 is 15.2 Å². The highest BCUT2D eigenvalue weighted by molar-refractivity contribution is 7.17. The normalized spacial score (nSPS) is 11.5. The summed E-state index contributed by atoms with van der Waals surface area (Å²) in [5.41, 5.74) is 2.99. The van der Waals surface area contributed by atoms with Gasteiger partial charge in [0.15, 0.2) is 0 Å². The van der Waals surface area contributed by atoms with Crippen molar-refractivity contribution in [1.29, 1.82) is 0 Å². The number of carbonyl (C=O) groups excluding carboxylic acids is 2. The molecule has 0 unspecified atom stereocenters. The molecule has 0 radical (unpaired) electrons. The van der Waals surface area contributed by atoms with Gasteiger partial charge in [0.05, 0.1) is 6.61 Å². The van der Waals surface area contributed by atoms with Gasteiger partial charge in [-0.25, -0.2) is 9.59 Å². The number of aliphatic carboxylic acids is 1. The predicted molar refractivity (Wildman–Crippen MR) is 115 cm³/mol. The number of anilines is 1. The smallest absolute Gasteiger partial charge is 0.341 e. The number of hydrogen-bond acceptors (Lipinski definition) is 5. The van der Waals surface area contributed by atoms with Crippen molar-refractivity contribution in [3.8, 4) is 11.1 Å². The second-order valence-electron chi connectivity index (χ2n) is 7.45. The third-order valence-electron chi connectivity index (χ3n) is 4.22. The van der Waals surface area contributed by atoms with E-state index in [-0.39, 0.29) is 17.6 Å². The topological polar surface area (TPSA) is 92.7 Å². The Hall–Kier alpha value is -2.93. The molecule has 0 bridgehead atoms. The van der Waals surface area contributed by atoms with Gasteiger partial charge in [-0.2, -0.15) is 0 Å². The summed E-state index contributed by atoms with van der Waals surface area (Å²) in [6.07, 6.45) is 1.65. The molecule has 1 amide bonds. The van der Waals surface area contributed by atoms with E-state index in [2.05, 4.69) is 26.1 Å². The van der Waals surface area contributed by atoms with Crippen molar-refractivity contribution in [3.63, 3.8) is 0 Å². The summed E-state index contributed by atoms with van der Waals surface area (Å²) in [5.74, 6) is -2.40. The zero-order chi connectivity index (χ0) is 21.8. The Labute approximate surface area is 174 Å². The van der Waals surface area contributed by atoms with Gasteiger partial charge in [-0.05, 0) is 30.4 Å². The summed E-state index contributed by atoms with van der Waals surface area (Å²) < 4.78 is 5.21. The van der Waals surface area contributed by atoms with E-state index in [0.29, 0.717) is 10.6 Å². The average Bonchev–Trinajstić information content (AvgIpc) is 2.95. The molecule has 7 heteroatoms. The monoisotopic (exact) mass is 415 g/mol. The van der Waals surface area contributed by atoms with Crippen molar-refractivity contribution < 1.29 is 24.2 Å². The first-order valence-electron chi connectivity index (χ1n) is 9.18. The number of carboxylic acids is 1. The van der Waals surface area contributed by atoms with Crippen LogP contribution in [0.25, 0.3) is 11.1 Å². The summed E-state index contributed by atoms with van der Waals surface area (Å²) in [4.78, 5) is 36.2. The molecule has 0 atom stereocenters. The molecule has 154 valence electrons. The number of thiophene rings is 1. The molecule has 2 aromatic rings. The van der Waals surface area contributed by atoms with E-state index in [0.717, 1.165) is 22.6 Å². The van der Waals surface area contributed by atoms with Gasteiger partial charge in [0.1, 0.15) is 10.6 Å². The van der Waals surface area contributed by atoms with Gasteiger partial charge in [-0.3, -0.25) is 4.79 Å². The van der Waals surface area contributed by atoms with Crippen LogP contribution in [0.2, 0.25) is 0 Å². The maximum absolute atomic E-state index is 12.7. The van der Waals surface area contributed by atoms with E-state index in [1.54, 1.807) is 6.92 Å². The number of aryl methyl sites for hydroxylation is 1. The van der Waals surface area contributed by atoms with Crippen LogP contribution in [0.1, 0.15) is 48.5 Å². The number of esters is 1. The number of rotatable bonds is 6. The molecular formula is C22H25NO5S. The molecule has 2 N–H and O–H groups in total. The number of carbonyl (C=O) groups is 3. The largest absolute Gasteiger partial charge is 0.478 e. The third kappa shape index (κ3) is 5.54. The second kappa shape index (κ2) is 9.05. The summed E-state index contributed by atoms with van der Waals surface area (Å²) >= 11 is 1.25. The standard InChI is InChI=1S/C22H25NO5S/c1-6-28-21(27)19-18(14-7-9-15(10-8-14)22(3,4)5)13(2)29-20(19)23-16(24)11-12-17(25)26/h7-12H,6H2,1-5H3,(H,23,24)(H,25,26)/b12-11+. The van der Waals surface area contributed by atoms with Crippen molar-refractivity contribution in [2.24, 2.45) is 0 Å². The number of ether oxygens (including phenoxy) is 1. The first kappa shape index (κ1) is 22.4. The molecule has 0 aliphatic carbocycles. The van der Waals surface area contributed by atoms with E-state index in [4.69, 9.17) is 9.84 Å². The highest BCUT2D eigenvalue weighted by Crippen LogP contribution is 2.41. The first-order valence-corrected chi connectivity index (χ1v) is 9.99. The zero-order valence-electron chi connectivity index (χ0n) is 17.2. The van der Waals surface area contributed by atoms with E-state index in [9.17, 15) is 14.4 Å². The highest BCUT2D eigenvalue weighted by Gasteiger charge is 2.25. The lowest BCUT2D eigenvalue weighted by molar-refractivity contribution is -0.131. The van der Waals surface area contributed by atoms with Crippen LogP contribution < -0.4 is 5.32 Å². The molecule has 0 spiro atoms. The molecule has 1 aromatic carbocycles. The Bertz CT molecular complexity index is 949. The Morgan fingerprint density at radius 1 is 1.14 bits per heavy atom. The van der Waals surface area contributed by atoms with Crippen molar-refractivity contribution >= 4 is 34.2 Å². The lowest BCUT2D eigenvalue weighted by atomic mass is 9.86. The fraction of sp³-hybridized carbons (Fsp3) is 0.318. The van der Waals surface area contributed by atoms with E-state index < -0.39 is 17.8 Å². The predicted octanol–water partition coefficient (Wildman–Crippen LogP) is 4.78. The van der Waals surface area contributed by atoms with E-state index >= 15 is 0 Å². The van der Waals surface area contributed by atoms with Crippen LogP contribution >= 0.6 is 11.3 Å². The van der Waals surface area contributed by atoms with Crippen molar-refractivity contribution in [2.75, 3.05) is 11.9 Å². The molecule has 29 heavy (non-hydrogen) atoms. The lowest BCUT2D eigenvalue weighted by Gasteiger charge is -2.19. The van der Waals surface area contributed by atoms with Crippen molar-refractivity contribution in [3.05, 3.63) is 52.4 Å². The minimum absolute atomic E-state index is 0.00179. The SMILES string of the molecule is CCOC(=O)c1c(NC(=O)/C=C/C(=O)O)sc(C)c1-c1ccc(C(C)(C)C)cc1. The van der Waals surface area contributed by atoms with Crippen LogP contribution in [-0.4, -0.2) is 29.6 Å². The molecule has 0 aliphatic rings. The number of carboxylic acid groups (broad SMARTS) is 1. The van der Waals surface area contributed by atoms with Crippen molar-refractivity contribution in [1.82, 2.24) is 0 Å². The van der Waals surface area contributed by atoms with Gasteiger partial charge in [-0.15, -0.1) is 11.3 Å². The average molecular weight is 416 g/mol. The molecule has 0 aliphatic heterocycles. The fourth-order valence-corrected chi connectivity index (χ4v) is 3.88. The summed E-state index contributed by atoms with van der Waals surface area (Å²) in [7, 11) is 0. The van der Waals surface area contributed by atoms with Crippen LogP contribution in [0, 0.1) is 6.92 Å². The fourth-order valence-electron chi connectivity index (χ4n) is 2.82. The van der Waals surface area contributed by atoms with Gasteiger partial charge >= 0.3 is 11.9 Å². The molecule has 1 aromatic heterocycles. The summed E-state index contributed by atoms with van der Waals surface area (Å²) in [6.45, 7) is 10.1. The van der Waals surface area contributed by atoms with Crippen LogP contribution in [0.3, 0.4) is 0 Å². The number of amides is 1. The minimum atomic E-state index is -1.23. The van der Waals surface area contributed by atoms with Crippen LogP contribution in [-0.2, 0) is 19.7 Å². The van der Waals surface area contributed by atoms with E-state index in [1.165, 1.54) is 16.9 Å².